The summed E-state index contributed by atoms with van der Waals surface area (Å²) in [6.45, 7) is 2.90. The lowest BCUT2D eigenvalue weighted by Gasteiger charge is -2.37. The van der Waals surface area contributed by atoms with Crippen LogP contribution in [-0.2, 0) is 13.6 Å². The van der Waals surface area contributed by atoms with Gasteiger partial charge in [0.05, 0.1) is 18.2 Å². The Hall–Kier alpha value is -2.14. The van der Waals surface area contributed by atoms with E-state index in [9.17, 15) is 4.79 Å². The molecule has 126 valence electrons. The average Bonchev–Trinajstić information content (AvgIpc) is 2.88. The molecular weight excluding hydrogens is 302 g/mol. The number of aromatic nitrogens is 2. The molecule has 1 aromatic heterocycles. The first kappa shape index (κ1) is 15.4. The van der Waals surface area contributed by atoms with E-state index in [1.54, 1.807) is 0 Å². The molecule has 1 unspecified atom stereocenters. The van der Waals surface area contributed by atoms with Crippen molar-refractivity contribution < 1.29 is 9.53 Å². The molecule has 1 fully saturated rings. The summed E-state index contributed by atoms with van der Waals surface area (Å²) >= 11 is 0. The fraction of sp³-hybridized carbons (Fsp3) is 0.474. The van der Waals surface area contributed by atoms with Crippen LogP contribution in [0.25, 0.3) is 0 Å². The van der Waals surface area contributed by atoms with E-state index in [4.69, 9.17) is 4.74 Å². The van der Waals surface area contributed by atoms with E-state index in [1.807, 2.05) is 42.2 Å². The SMILES string of the molecule is Cn1cc(CN2CCCC3(CC2)CC(=O)c2ccccc2O3)cn1. The van der Waals surface area contributed by atoms with Gasteiger partial charge in [0.2, 0.25) is 0 Å². The number of benzene rings is 1. The maximum Gasteiger partial charge on any atom is 0.170 e. The maximum atomic E-state index is 12.5. The van der Waals surface area contributed by atoms with Gasteiger partial charge >= 0.3 is 0 Å². The minimum Gasteiger partial charge on any atom is -0.486 e. The lowest BCUT2D eigenvalue weighted by Crippen LogP contribution is -2.42. The maximum absolute atomic E-state index is 12.5. The summed E-state index contributed by atoms with van der Waals surface area (Å²) in [7, 11) is 1.94. The summed E-state index contributed by atoms with van der Waals surface area (Å²) in [5, 5.41) is 4.24. The minimum atomic E-state index is -0.324. The van der Waals surface area contributed by atoms with Crippen molar-refractivity contribution in [3.63, 3.8) is 0 Å². The molecule has 0 bridgehead atoms. The van der Waals surface area contributed by atoms with Gasteiger partial charge in [0.1, 0.15) is 11.4 Å². The number of Topliss-reactive ketones (excluding diaryl/α,β-unsaturated/α-hetero) is 1. The molecule has 1 saturated heterocycles. The smallest absolute Gasteiger partial charge is 0.170 e. The molecule has 5 heteroatoms. The second-order valence-corrected chi connectivity index (χ2v) is 7.03. The van der Waals surface area contributed by atoms with Crippen LogP contribution in [0.1, 0.15) is 41.6 Å². The van der Waals surface area contributed by atoms with E-state index in [0.29, 0.717) is 6.42 Å². The van der Waals surface area contributed by atoms with Crippen LogP contribution in [0.2, 0.25) is 0 Å². The summed E-state index contributed by atoms with van der Waals surface area (Å²) in [5.41, 5.74) is 1.65. The molecule has 0 radical (unpaired) electrons. The molecule has 4 rings (SSSR count). The molecule has 0 aliphatic carbocycles. The zero-order chi connectivity index (χ0) is 16.6. The van der Waals surface area contributed by atoms with Crippen LogP contribution >= 0.6 is 0 Å². The van der Waals surface area contributed by atoms with Gasteiger partial charge in [0.25, 0.3) is 0 Å². The highest BCUT2D eigenvalue weighted by atomic mass is 16.5. The van der Waals surface area contributed by atoms with E-state index in [2.05, 4.69) is 16.2 Å². The predicted molar refractivity (Wildman–Crippen MR) is 91.1 cm³/mol. The zero-order valence-electron chi connectivity index (χ0n) is 14.1. The van der Waals surface area contributed by atoms with Gasteiger partial charge in [-0.3, -0.25) is 14.4 Å². The van der Waals surface area contributed by atoms with Gasteiger partial charge in [0, 0.05) is 38.3 Å². The molecule has 2 aliphatic rings. The highest BCUT2D eigenvalue weighted by molar-refractivity contribution is 6.00. The van der Waals surface area contributed by atoms with Crippen molar-refractivity contribution >= 4 is 5.78 Å². The van der Waals surface area contributed by atoms with Gasteiger partial charge in [0.15, 0.2) is 5.78 Å². The molecule has 24 heavy (non-hydrogen) atoms. The summed E-state index contributed by atoms with van der Waals surface area (Å²) in [6, 6.07) is 7.64. The quantitative estimate of drug-likeness (QED) is 0.852. The Bertz CT molecular complexity index is 755. The van der Waals surface area contributed by atoms with Crippen LogP contribution < -0.4 is 4.74 Å². The monoisotopic (exact) mass is 325 g/mol. The molecule has 0 amide bonds. The zero-order valence-corrected chi connectivity index (χ0v) is 14.1. The van der Waals surface area contributed by atoms with Crippen molar-refractivity contribution in [1.29, 1.82) is 0 Å². The third-order valence-electron chi connectivity index (χ3n) is 5.15. The van der Waals surface area contributed by atoms with Crippen molar-refractivity contribution in [1.82, 2.24) is 14.7 Å². The van der Waals surface area contributed by atoms with Gasteiger partial charge in [-0.1, -0.05) is 12.1 Å². The lowest BCUT2D eigenvalue weighted by molar-refractivity contribution is 0.0299. The lowest BCUT2D eigenvalue weighted by atomic mass is 9.84. The number of carbonyl (C=O) groups excluding carboxylic acids is 1. The van der Waals surface area contributed by atoms with Crippen LogP contribution in [0.3, 0.4) is 0 Å². The van der Waals surface area contributed by atoms with Crippen LogP contribution in [-0.4, -0.2) is 39.2 Å². The van der Waals surface area contributed by atoms with E-state index in [1.165, 1.54) is 5.56 Å². The molecule has 1 aromatic carbocycles. The van der Waals surface area contributed by atoms with Crippen molar-refractivity contribution in [2.24, 2.45) is 7.05 Å². The largest absolute Gasteiger partial charge is 0.486 e. The van der Waals surface area contributed by atoms with Crippen molar-refractivity contribution in [3.8, 4) is 5.75 Å². The highest BCUT2D eigenvalue weighted by Gasteiger charge is 2.41. The van der Waals surface area contributed by atoms with Crippen molar-refractivity contribution in [3.05, 3.63) is 47.8 Å². The van der Waals surface area contributed by atoms with Crippen LogP contribution in [0.4, 0.5) is 0 Å². The molecule has 0 N–H and O–H groups in total. The molecule has 0 saturated carbocycles. The standard InChI is InChI=1S/C19H23N3O2/c1-21-13-15(12-20-21)14-22-9-4-7-19(8-10-22)11-17(23)16-5-2-3-6-18(16)24-19/h2-3,5-6,12-13H,4,7-11,14H2,1H3. The number of aryl methyl sites for hydroxylation is 1. The van der Waals surface area contributed by atoms with Gasteiger partial charge in [-0.25, -0.2) is 0 Å². The Morgan fingerprint density at radius 2 is 2.12 bits per heavy atom. The van der Waals surface area contributed by atoms with E-state index < -0.39 is 0 Å². The number of ketones is 1. The van der Waals surface area contributed by atoms with Crippen molar-refractivity contribution in [2.45, 2.75) is 37.8 Å². The number of para-hydroxylation sites is 1. The number of likely N-dealkylation sites (tertiary alicyclic amines) is 1. The average molecular weight is 325 g/mol. The van der Waals surface area contributed by atoms with E-state index in [-0.39, 0.29) is 11.4 Å². The second-order valence-electron chi connectivity index (χ2n) is 7.03. The molecular formula is C19H23N3O2. The predicted octanol–water partition coefficient (Wildman–Crippen LogP) is 2.81. The second kappa shape index (κ2) is 6.06. The summed E-state index contributed by atoms with van der Waals surface area (Å²) in [6.07, 6.45) is 7.39. The first-order chi connectivity index (χ1) is 11.6. The number of fused-ring (bicyclic) bond motifs is 1. The van der Waals surface area contributed by atoms with Crippen LogP contribution in [0.15, 0.2) is 36.7 Å². The van der Waals surface area contributed by atoms with Gasteiger partial charge in [-0.2, -0.15) is 5.10 Å². The van der Waals surface area contributed by atoms with Gasteiger partial charge < -0.3 is 4.74 Å². The number of carbonyl (C=O) groups is 1. The van der Waals surface area contributed by atoms with E-state index >= 15 is 0 Å². The summed E-state index contributed by atoms with van der Waals surface area (Å²) < 4.78 is 8.19. The topological polar surface area (TPSA) is 47.4 Å². The Labute approximate surface area is 142 Å². The minimum absolute atomic E-state index is 0.220. The third-order valence-corrected chi connectivity index (χ3v) is 5.15. The Morgan fingerprint density at radius 1 is 1.25 bits per heavy atom. The van der Waals surface area contributed by atoms with Gasteiger partial charge in [-0.05, 0) is 31.5 Å². The third kappa shape index (κ3) is 2.96. The first-order valence-corrected chi connectivity index (χ1v) is 8.65. The molecule has 2 aromatic rings. The Morgan fingerprint density at radius 3 is 2.96 bits per heavy atom. The summed E-state index contributed by atoms with van der Waals surface area (Å²) in [4.78, 5) is 15.0. The number of hydrogen-bond acceptors (Lipinski definition) is 4. The highest BCUT2D eigenvalue weighted by Crippen LogP contribution is 2.39. The normalized spacial score (nSPS) is 24.5. The molecule has 1 atom stereocenters. The number of hydrogen-bond donors (Lipinski definition) is 0. The summed E-state index contributed by atoms with van der Waals surface area (Å²) in [5.74, 6) is 0.979. The first-order valence-electron chi connectivity index (χ1n) is 8.65. The molecule has 3 heterocycles. The molecule has 1 spiro atoms. The number of ether oxygens (including phenoxy) is 1. The van der Waals surface area contributed by atoms with E-state index in [0.717, 1.165) is 50.2 Å². The Balaban J connectivity index is 1.48. The van der Waals surface area contributed by atoms with Crippen molar-refractivity contribution in [2.75, 3.05) is 13.1 Å². The number of rotatable bonds is 2. The fourth-order valence-electron chi connectivity index (χ4n) is 3.92. The molecule has 2 aliphatic heterocycles. The molecule has 5 nitrogen and oxygen atoms in total. The Kier molecular flexibility index (Phi) is 3.88. The van der Waals surface area contributed by atoms with Gasteiger partial charge in [-0.15, -0.1) is 0 Å². The van der Waals surface area contributed by atoms with Crippen LogP contribution in [0.5, 0.6) is 5.75 Å². The fourth-order valence-corrected chi connectivity index (χ4v) is 3.92. The number of nitrogens with zero attached hydrogens (tertiary/aromatic N) is 3. The van der Waals surface area contributed by atoms with Crippen LogP contribution in [0, 0.1) is 0 Å².